The molecule has 7 heteroatoms. The standard InChI is InChI=1S/C28H27N5O2/c1-19-18-33(28(34)32-25-9-8-24(15-29)30-17-25)12-11-22(19)13-20-3-2-4-26(14-20)35-27-10-7-23(16-31-27)21-5-6-21/h2-4,7-10,13-14,16-17,19,21H,5-6,11-12,18H2,1H3,(H,32,34). The molecule has 2 aliphatic rings. The first-order valence-electron chi connectivity index (χ1n) is 11.9. The fourth-order valence-corrected chi connectivity index (χ4v) is 4.30. The van der Waals surface area contributed by atoms with Gasteiger partial charge in [-0.05, 0) is 66.5 Å². The van der Waals surface area contributed by atoms with Crippen molar-refractivity contribution in [3.8, 4) is 17.7 Å². The highest BCUT2D eigenvalue weighted by Crippen LogP contribution is 2.40. The maximum Gasteiger partial charge on any atom is 0.321 e. The molecule has 3 heterocycles. The second-order valence-corrected chi connectivity index (χ2v) is 9.17. The Morgan fingerprint density at radius 3 is 2.74 bits per heavy atom. The van der Waals surface area contributed by atoms with Gasteiger partial charge in [0, 0.05) is 25.4 Å². The summed E-state index contributed by atoms with van der Waals surface area (Å²) in [7, 11) is 0. The van der Waals surface area contributed by atoms with E-state index in [9.17, 15) is 4.79 Å². The van der Waals surface area contributed by atoms with E-state index in [1.54, 1.807) is 12.1 Å². The minimum atomic E-state index is -0.155. The molecular formula is C28H27N5O2. The van der Waals surface area contributed by atoms with E-state index in [0.29, 0.717) is 36.3 Å². The Morgan fingerprint density at radius 2 is 2.06 bits per heavy atom. The van der Waals surface area contributed by atoms with E-state index in [1.807, 2.05) is 41.4 Å². The van der Waals surface area contributed by atoms with Crippen molar-refractivity contribution in [2.24, 2.45) is 5.92 Å². The van der Waals surface area contributed by atoms with Crippen LogP contribution in [0.1, 0.15) is 48.9 Å². The van der Waals surface area contributed by atoms with Gasteiger partial charge in [-0.25, -0.2) is 14.8 Å². The topological polar surface area (TPSA) is 91.1 Å². The third kappa shape index (κ3) is 5.67. The summed E-state index contributed by atoms with van der Waals surface area (Å²) in [6.45, 7) is 3.41. The Morgan fingerprint density at radius 1 is 1.17 bits per heavy atom. The zero-order valence-corrected chi connectivity index (χ0v) is 19.6. The summed E-state index contributed by atoms with van der Waals surface area (Å²) in [5.74, 6) is 2.27. The Hall–Kier alpha value is -4.18. The number of benzene rings is 1. The smallest absolute Gasteiger partial charge is 0.321 e. The Kier molecular flexibility index (Phi) is 6.44. The minimum absolute atomic E-state index is 0.155. The highest BCUT2D eigenvalue weighted by Gasteiger charge is 2.25. The summed E-state index contributed by atoms with van der Waals surface area (Å²) in [6.07, 6.45) is 8.93. The summed E-state index contributed by atoms with van der Waals surface area (Å²) in [6, 6.07) is 17.1. The maximum atomic E-state index is 12.7. The number of nitrogens with zero attached hydrogens (tertiary/aromatic N) is 4. The van der Waals surface area contributed by atoms with Crippen LogP contribution in [0.15, 0.2) is 66.5 Å². The van der Waals surface area contributed by atoms with Crippen LogP contribution in [-0.2, 0) is 0 Å². The number of piperidine rings is 1. The van der Waals surface area contributed by atoms with Crippen LogP contribution in [0.2, 0.25) is 0 Å². The van der Waals surface area contributed by atoms with Crippen molar-refractivity contribution in [2.45, 2.75) is 32.1 Å². The van der Waals surface area contributed by atoms with Gasteiger partial charge in [-0.1, -0.05) is 36.8 Å². The number of aromatic nitrogens is 2. The number of carbonyl (C=O) groups excluding carboxylic acids is 1. The molecule has 1 aromatic carbocycles. The molecule has 1 N–H and O–H groups in total. The van der Waals surface area contributed by atoms with Crippen molar-refractivity contribution >= 4 is 17.8 Å². The van der Waals surface area contributed by atoms with Gasteiger partial charge in [0.1, 0.15) is 17.5 Å². The summed E-state index contributed by atoms with van der Waals surface area (Å²) in [4.78, 5) is 23.0. The summed E-state index contributed by atoms with van der Waals surface area (Å²) in [5.41, 5.74) is 4.56. The minimum Gasteiger partial charge on any atom is -0.439 e. The largest absolute Gasteiger partial charge is 0.439 e. The van der Waals surface area contributed by atoms with Gasteiger partial charge in [0.2, 0.25) is 5.88 Å². The maximum absolute atomic E-state index is 12.7. The lowest BCUT2D eigenvalue weighted by Crippen LogP contribution is -2.42. The molecule has 2 fully saturated rings. The number of pyridine rings is 2. The zero-order valence-electron chi connectivity index (χ0n) is 19.6. The fraction of sp³-hybridized carbons (Fsp3) is 0.286. The number of hydrogen-bond acceptors (Lipinski definition) is 5. The van der Waals surface area contributed by atoms with Gasteiger partial charge in [0.15, 0.2) is 0 Å². The number of nitriles is 1. The Balaban J connectivity index is 1.19. The van der Waals surface area contributed by atoms with Crippen LogP contribution in [0.3, 0.4) is 0 Å². The van der Waals surface area contributed by atoms with Gasteiger partial charge in [0.25, 0.3) is 0 Å². The molecule has 176 valence electrons. The van der Waals surface area contributed by atoms with E-state index in [4.69, 9.17) is 10.00 Å². The lowest BCUT2D eigenvalue weighted by Gasteiger charge is -2.33. The van der Waals surface area contributed by atoms with Crippen LogP contribution in [0, 0.1) is 17.2 Å². The summed E-state index contributed by atoms with van der Waals surface area (Å²) >= 11 is 0. The third-order valence-electron chi connectivity index (χ3n) is 6.45. The van der Waals surface area contributed by atoms with E-state index >= 15 is 0 Å². The summed E-state index contributed by atoms with van der Waals surface area (Å²) in [5, 5.41) is 11.7. The van der Waals surface area contributed by atoms with E-state index < -0.39 is 0 Å². The zero-order chi connectivity index (χ0) is 24.2. The van der Waals surface area contributed by atoms with Gasteiger partial charge in [0.05, 0.1) is 11.9 Å². The molecule has 0 radical (unpaired) electrons. The first-order valence-corrected chi connectivity index (χ1v) is 11.9. The van der Waals surface area contributed by atoms with Crippen molar-refractivity contribution in [3.05, 3.63) is 83.3 Å². The molecule has 0 spiro atoms. The number of carbonyl (C=O) groups is 1. The number of ether oxygens (including phenoxy) is 1. The Labute approximate surface area is 205 Å². The lowest BCUT2D eigenvalue weighted by molar-refractivity contribution is 0.198. The van der Waals surface area contributed by atoms with Gasteiger partial charge in [-0.3, -0.25) is 0 Å². The molecule has 1 aliphatic carbocycles. The quantitative estimate of drug-likeness (QED) is 0.501. The third-order valence-corrected chi connectivity index (χ3v) is 6.45. The van der Waals surface area contributed by atoms with Crippen LogP contribution in [-0.4, -0.2) is 34.0 Å². The fourth-order valence-electron chi connectivity index (χ4n) is 4.30. The normalized spacial score (nSPS) is 18.7. The average molecular weight is 466 g/mol. The van der Waals surface area contributed by atoms with E-state index in [0.717, 1.165) is 17.7 Å². The van der Waals surface area contributed by atoms with Gasteiger partial charge < -0.3 is 15.0 Å². The number of nitrogens with one attached hydrogen (secondary N) is 1. The molecule has 1 saturated carbocycles. The number of anilines is 1. The number of rotatable bonds is 5. The highest BCUT2D eigenvalue weighted by molar-refractivity contribution is 5.89. The monoisotopic (exact) mass is 465 g/mol. The average Bonchev–Trinajstić information content (AvgIpc) is 3.72. The van der Waals surface area contributed by atoms with Crippen molar-refractivity contribution in [2.75, 3.05) is 18.4 Å². The van der Waals surface area contributed by atoms with Crippen LogP contribution in [0.4, 0.5) is 10.5 Å². The molecule has 7 nitrogen and oxygen atoms in total. The molecule has 1 unspecified atom stereocenters. The molecule has 0 bridgehead atoms. The number of likely N-dealkylation sites (tertiary alicyclic amines) is 1. The van der Waals surface area contributed by atoms with Crippen LogP contribution in [0.5, 0.6) is 11.6 Å². The molecule has 2 aromatic heterocycles. The van der Waals surface area contributed by atoms with Gasteiger partial charge in [-0.15, -0.1) is 0 Å². The van der Waals surface area contributed by atoms with Gasteiger partial charge >= 0.3 is 6.03 Å². The SMILES string of the molecule is CC1CN(C(=O)Nc2ccc(C#N)nc2)CCC1=Cc1cccc(Oc2ccc(C3CC3)cn2)c1. The van der Waals surface area contributed by atoms with E-state index in [-0.39, 0.29) is 11.9 Å². The molecule has 5 rings (SSSR count). The Bertz CT molecular complexity index is 1270. The molecular weight excluding hydrogens is 438 g/mol. The lowest BCUT2D eigenvalue weighted by atomic mass is 9.91. The molecule has 1 saturated heterocycles. The second-order valence-electron chi connectivity index (χ2n) is 9.17. The molecule has 2 amide bonds. The molecule has 1 aliphatic heterocycles. The van der Waals surface area contributed by atoms with Crippen molar-refractivity contribution in [1.82, 2.24) is 14.9 Å². The number of hydrogen-bond donors (Lipinski definition) is 1. The first-order chi connectivity index (χ1) is 17.1. The predicted octanol–water partition coefficient (Wildman–Crippen LogP) is 5.98. The molecule has 35 heavy (non-hydrogen) atoms. The number of urea groups is 1. The van der Waals surface area contributed by atoms with Crippen LogP contribution in [0.25, 0.3) is 6.08 Å². The van der Waals surface area contributed by atoms with Gasteiger partial charge in [-0.2, -0.15) is 5.26 Å². The van der Waals surface area contributed by atoms with E-state index in [1.165, 1.54) is 30.2 Å². The second kappa shape index (κ2) is 9.98. The van der Waals surface area contributed by atoms with Crippen LogP contribution < -0.4 is 10.1 Å². The summed E-state index contributed by atoms with van der Waals surface area (Å²) < 4.78 is 5.99. The molecule has 3 aromatic rings. The first kappa shape index (κ1) is 22.6. The molecule has 1 atom stereocenters. The van der Waals surface area contributed by atoms with Crippen molar-refractivity contribution < 1.29 is 9.53 Å². The highest BCUT2D eigenvalue weighted by atomic mass is 16.5. The van der Waals surface area contributed by atoms with Crippen molar-refractivity contribution in [1.29, 1.82) is 5.26 Å². The van der Waals surface area contributed by atoms with Crippen LogP contribution >= 0.6 is 0 Å². The van der Waals surface area contributed by atoms with Crippen molar-refractivity contribution in [3.63, 3.8) is 0 Å². The predicted molar refractivity (Wildman–Crippen MR) is 134 cm³/mol. The van der Waals surface area contributed by atoms with E-state index in [2.05, 4.69) is 40.4 Å². The number of amides is 2.